The lowest BCUT2D eigenvalue weighted by atomic mass is 10.2. The van der Waals surface area contributed by atoms with Crippen LogP contribution in [0.4, 0.5) is 5.95 Å². The van der Waals surface area contributed by atoms with Crippen molar-refractivity contribution in [2.24, 2.45) is 0 Å². The summed E-state index contributed by atoms with van der Waals surface area (Å²) in [6.07, 6.45) is 4.82. The first-order valence-corrected chi connectivity index (χ1v) is 6.02. The zero-order valence-corrected chi connectivity index (χ0v) is 10.4. The Morgan fingerprint density at radius 1 is 1.42 bits per heavy atom. The van der Waals surface area contributed by atoms with Crippen LogP contribution in [0.2, 0.25) is 0 Å². The van der Waals surface area contributed by atoms with Crippen molar-refractivity contribution in [2.75, 3.05) is 5.32 Å². The molecule has 2 N–H and O–H groups in total. The molecule has 2 aromatic rings. The Kier molecular flexibility index (Phi) is 2.66. The fraction of sp³-hybridized carbons (Fsp3) is 0.333. The molecule has 19 heavy (non-hydrogen) atoms. The van der Waals surface area contributed by atoms with Gasteiger partial charge >= 0.3 is 0 Å². The van der Waals surface area contributed by atoms with Crippen LogP contribution in [-0.4, -0.2) is 30.8 Å². The zero-order valence-electron chi connectivity index (χ0n) is 10.4. The molecule has 7 nitrogen and oxygen atoms in total. The second-order valence-corrected chi connectivity index (χ2v) is 4.56. The van der Waals surface area contributed by atoms with E-state index in [4.69, 9.17) is 0 Å². The molecule has 0 aromatic carbocycles. The fourth-order valence-corrected chi connectivity index (χ4v) is 1.95. The summed E-state index contributed by atoms with van der Waals surface area (Å²) in [6, 6.07) is 1.74. The molecule has 1 fully saturated rings. The van der Waals surface area contributed by atoms with E-state index in [1.165, 1.54) is 18.5 Å². The van der Waals surface area contributed by atoms with Gasteiger partial charge in [-0.25, -0.2) is 0 Å². The molecule has 7 heteroatoms. The van der Waals surface area contributed by atoms with Crippen LogP contribution in [0.1, 0.15) is 35.1 Å². The van der Waals surface area contributed by atoms with Crippen LogP contribution in [0.25, 0.3) is 0 Å². The number of aromatic hydroxyl groups is 1. The maximum Gasteiger partial charge on any atom is 0.259 e. The molecule has 0 radical (unpaired) electrons. The molecule has 1 amide bonds. The highest BCUT2D eigenvalue weighted by atomic mass is 16.3. The minimum absolute atomic E-state index is 0.0486. The van der Waals surface area contributed by atoms with E-state index in [-0.39, 0.29) is 17.2 Å². The number of aryl methyl sites for hydroxylation is 1. The molecular weight excluding hydrogens is 246 g/mol. The summed E-state index contributed by atoms with van der Waals surface area (Å²) in [5.41, 5.74) is 0.281. The highest BCUT2D eigenvalue weighted by molar-refractivity contribution is 6.03. The van der Waals surface area contributed by atoms with E-state index < -0.39 is 0 Å². The van der Waals surface area contributed by atoms with Gasteiger partial charge in [0.25, 0.3) is 5.91 Å². The smallest absolute Gasteiger partial charge is 0.259 e. The number of carbonyl (C=O) groups excluding carboxylic acids is 1. The monoisotopic (exact) mass is 259 g/mol. The van der Waals surface area contributed by atoms with Crippen LogP contribution in [0.3, 0.4) is 0 Å². The topological polar surface area (TPSA) is 92.9 Å². The Morgan fingerprint density at radius 3 is 2.89 bits per heavy atom. The lowest BCUT2D eigenvalue weighted by molar-refractivity contribution is 0.102. The first-order chi connectivity index (χ1) is 9.15. The first kappa shape index (κ1) is 11.6. The second-order valence-electron chi connectivity index (χ2n) is 4.56. The second kappa shape index (κ2) is 4.34. The van der Waals surface area contributed by atoms with Gasteiger partial charge in [0.1, 0.15) is 11.6 Å². The van der Waals surface area contributed by atoms with Gasteiger partial charge in [-0.05, 0) is 25.8 Å². The number of aromatic nitrogens is 4. The molecule has 1 saturated carbocycles. The van der Waals surface area contributed by atoms with Crippen molar-refractivity contribution in [1.82, 2.24) is 19.7 Å². The van der Waals surface area contributed by atoms with Crippen molar-refractivity contribution < 1.29 is 9.90 Å². The number of anilines is 1. The number of rotatable bonds is 3. The van der Waals surface area contributed by atoms with Gasteiger partial charge in [0.05, 0.1) is 11.8 Å². The van der Waals surface area contributed by atoms with Crippen molar-refractivity contribution in [2.45, 2.75) is 25.8 Å². The maximum absolute atomic E-state index is 12.0. The molecule has 1 aliphatic carbocycles. The molecule has 98 valence electrons. The third-order valence-electron chi connectivity index (χ3n) is 2.99. The van der Waals surface area contributed by atoms with E-state index in [0.29, 0.717) is 12.0 Å². The van der Waals surface area contributed by atoms with Gasteiger partial charge in [-0.15, -0.1) is 10.2 Å². The molecule has 0 aliphatic heterocycles. The Hall–Kier alpha value is -2.44. The zero-order chi connectivity index (χ0) is 13.4. The van der Waals surface area contributed by atoms with Gasteiger partial charge in [0.15, 0.2) is 0 Å². The predicted molar refractivity (Wildman–Crippen MR) is 66.9 cm³/mol. The lowest BCUT2D eigenvalue weighted by Gasteiger charge is -2.07. The Bertz CT molecular complexity index is 633. The molecule has 0 atom stereocenters. The van der Waals surface area contributed by atoms with Crippen LogP contribution in [0, 0.1) is 6.92 Å². The molecule has 3 rings (SSSR count). The minimum atomic E-state index is -0.363. The van der Waals surface area contributed by atoms with Gasteiger partial charge in [-0.2, -0.15) is 0 Å². The summed E-state index contributed by atoms with van der Waals surface area (Å²) in [6.45, 7) is 1.86. The van der Waals surface area contributed by atoms with Crippen molar-refractivity contribution in [1.29, 1.82) is 0 Å². The highest BCUT2D eigenvalue weighted by Crippen LogP contribution is 2.37. The van der Waals surface area contributed by atoms with Gasteiger partial charge in [0, 0.05) is 12.2 Å². The van der Waals surface area contributed by atoms with Crippen LogP contribution < -0.4 is 5.32 Å². The molecule has 1 aliphatic rings. The van der Waals surface area contributed by atoms with E-state index in [2.05, 4.69) is 20.5 Å². The van der Waals surface area contributed by atoms with Crippen molar-refractivity contribution >= 4 is 11.9 Å². The van der Waals surface area contributed by atoms with Gasteiger partial charge in [-0.1, -0.05) is 0 Å². The van der Waals surface area contributed by atoms with Crippen LogP contribution in [-0.2, 0) is 0 Å². The van der Waals surface area contributed by atoms with E-state index in [1.54, 1.807) is 0 Å². The number of hydrogen-bond acceptors (Lipinski definition) is 5. The minimum Gasteiger partial charge on any atom is -0.506 e. The van der Waals surface area contributed by atoms with E-state index >= 15 is 0 Å². The lowest BCUT2D eigenvalue weighted by Crippen LogP contribution is -2.16. The molecule has 0 bridgehead atoms. The van der Waals surface area contributed by atoms with Gasteiger partial charge < -0.3 is 5.11 Å². The average molecular weight is 259 g/mol. The quantitative estimate of drug-likeness (QED) is 0.866. The normalized spacial score (nSPS) is 14.4. The Balaban J connectivity index is 1.83. The third kappa shape index (κ3) is 2.26. The average Bonchev–Trinajstić information content (AvgIpc) is 3.15. The van der Waals surface area contributed by atoms with Gasteiger partial charge in [0.2, 0.25) is 5.95 Å². The molecule has 2 heterocycles. The molecule has 0 spiro atoms. The predicted octanol–water partition coefficient (Wildman–Crippen LogP) is 1.27. The standard InChI is InChI=1S/C12H13N5O2/c1-7-15-16-12(17(7)9-2-3-9)14-11(19)8-4-10(18)6-13-5-8/h4-6,9,18H,2-3H2,1H3,(H,14,16,19). The Morgan fingerprint density at radius 2 is 2.21 bits per heavy atom. The summed E-state index contributed by atoms with van der Waals surface area (Å²) in [4.78, 5) is 15.8. The number of nitrogens with zero attached hydrogens (tertiary/aromatic N) is 4. The van der Waals surface area contributed by atoms with Crippen LogP contribution >= 0.6 is 0 Å². The summed E-state index contributed by atoms with van der Waals surface area (Å²) in [7, 11) is 0. The summed E-state index contributed by atoms with van der Waals surface area (Å²) >= 11 is 0. The van der Waals surface area contributed by atoms with E-state index in [1.807, 2.05) is 11.5 Å². The number of nitrogens with one attached hydrogen (secondary N) is 1. The summed E-state index contributed by atoms with van der Waals surface area (Å²) < 4.78 is 1.92. The maximum atomic E-state index is 12.0. The first-order valence-electron chi connectivity index (χ1n) is 6.02. The van der Waals surface area contributed by atoms with Crippen molar-refractivity contribution in [3.05, 3.63) is 29.8 Å². The van der Waals surface area contributed by atoms with E-state index in [0.717, 1.165) is 18.7 Å². The molecule has 0 unspecified atom stereocenters. The largest absolute Gasteiger partial charge is 0.506 e. The number of hydrogen-bond donors (Lipinski definition) is 2. The van der Waals surface area contributed by atoms with Crippen LogP contribution in [0.5, 0.6) is 5.75 Å². The summed E-state index contributed by atoms with van der Waals surface area (Å²) in [5.74, 6) is 0.811. The molecule has 2 aromatic heterocycles. The Labute approximate surface area is 109 Å². The highest BCUT2D eigenvalue weighted by Gasteiger charge is 2.28. The number of carbonyl (C=O) groups is 1. The van der Waals surface area contributed by atoms with Crippen LogP contribution in [0.15, 0.2) is 18.5 Å². The molecule has 0 saturated heterocycles. The third-order valence-corrected chi connectivity index (χ3v) is 2.99. The number of amides is 1. The SMILES string of the molecule is Cc1nnc(NC(=O)c2cncc(O)c2)n1C1CC1. The summed E-state index contributed by atoms with van der Waals surface area (Å²) in [5, 5.41) is 19.9. The number of pyridine rings is 1. The van der Waals surface area contributed by atoms with Gasteiger partial charge in [-0.3, -0.25) is 19.7 Å². The molecular formula is C12H13N5O2. The van der Waals surface area contributed by atoms with Crippen molar-refractivity contribution in [3.63, 3.8) is 0 Å². The fourth-order valence-electron chi connectivity index (χ4n) is 1.95. The van der Waals surface area contributed by atoms with E-state index in [9.17, 15) is 9.90 Å². The van der Waals surface area contributed by atoms with Crippen molar-refractivity contribution in [3.8, 4) is 5.75 Å².